The van der Waals surface area contributed by atoms with Crippen molar-refractivity contribution in [2.75, 3.05) is 0 Å². The average molecular weight is 235 g/mol. The van der Waals surface area contributed by atoms with E-state index in [0.29, 0.717) is 0 Å². The Bertz CT molecular complexity index is 541. The Kier molecular flexibility index (Phi) is 2.76. The second-order valence-electron chi connectivity index (χ2n) is 4.19. The average Bonchev–Trinajstić information content (AvgIpc) is 2.46. The summed E-state index contributed by atoms with van der Waals surface area (Å²) < 4.78 is 1.82. The largest absolute Gasteiger partial charge is 0.271 e. The molecule has 0 saturated carbocycles. The van der Waals surface area contributed by atoms with Crippen LogP contribution in [0.25, 0.3) is 11.3 Å². The Balaban J connectivity index is 2.63. The molecule has 1 aromatic heterocycles. The first-order chi connectivity index (χ1) is 7.50. The molecule has 0 radical (unpaired) electrons. The highest BCUT2D eigenvalue weighted by Gasteiger charge is 2.14. The molecule has 0 spiro atoms. The van der Waals surface area contributed by atoms with Gasteiger partial charge >= 0.3 is 0 Å². The summed E-state index contributed by atoms with van der Waals surface area (Å²) in [5.41, 5.74) is 5.44. The van der Waals surface area contributed by atoms with E-state index in [1.165, 1.54) is 11.1 Å². The summed E-state index contributed by atoms with van der Waals surface area (Å²) in [5.74, 6) is 0. The van der Waals surface area contributed by atoms with Gasteiger partial charge in [-0.1, -0.05) is 35.4 Å². The van der Waals surface area contributed by atoms with Crippen molar-refractivity contribution in [3.05, 3.63) is 40.0 Å². The van der Waals surface area contributed by atoms with Gasteiger partial charge in [0.2, 0.25) is 0 Å². The van der Waals surface area contributed by atoms with E-state index in [4.69, 9.17) is 11.6 Å². The van der Waals surface area contributed by atoms with Crippen LogP contribution in [0.15, 0.2) is 18.2 Å². The van der Waals surface area contributed by atoms with Gasteiger partial charge < -0.3 is 0 Å². The molecule has 0 fully saturated rings. The topological polar surface area (TPSA) is 17.8 Å². The minimum Gasteiger partial charge on any atom is -0.271 e. The van der Waals surface area contributed by atoms with Gasteiger partial charge in [0.25, 0.3) is 0 Å². The van der Waals surface area contributed by atoms with Crippen LogP contribution in [0.3, 0.4) is 0 Å². The first-order valence-corrected chi connectivity index (χ1v) is 5.65. The molecule has 0 aliphatic rings. The fraction of sp³-hybridized carbons (Fsp3) is 0.308. The lowest BCUT2D eigenvalue weighted by Crippen LogP contribution is -1.92. The normalized spacial score (nSPS) is 10.8. The zero-order valence-corrected chi connectivity index (χ0v) is 10.8. The maximum absolute atomic E-state index is 6.28. The minimum absolute atomic E-state index is 0.745. The molecule has 2 rings (SSSR count). The molecule has 0 amide bonds. The van der Waals surface area contributed by atoms with Crippen LogP contribution in [0.2, 0.25) is 5.02 Å². The summed E-state index contributed by atoms with van der Waals surface area (Å²) in [6.45, 7) is 6.15. The van der Waals surface area contributed by atoms with Crippen molar-refractivity contribution in [1.82, 2.24) is 9.78 Å². The van der Waals surface area contributed by atoms with Crippen molar-refractivity contribution in [3.8, 4) is 11.3 Å². The summed E-state index contributed by atoms with van der Waals surface area (Å²) in [5, 5.41) is 5.20. The fourth-order valence-electron chi connectivity index (χ4n) is 1.83. The van der Waals surface area contributed by atoms with Crippen LogP contribution in [0, 0.1) is 20.8 Å². The van der Waals surface area contributed by atoms with E-state index in [9.17, 15) is 0 Å². The maximum Gasteiger partial charge on any atom is 0.111 e. The highest BCUT2D eigenvalue weighted by molar-refractivity contribution is 6.33. The maximum atomic E-state index is 6.28. The smallest absolute Gasteiger partial charge is 0.111 e. The fourth-order valence-corrected chi connectivity index (χ4v) is 2.10. The predicted octanol–water partition coefficient (Wildman–Crippen LogP) is 3.67. The molecule has 1 heterocycles. The first kappa shape index (κ1) is 11.2. The first-order valence-electron chi connectivity index (χ1n) is 5.27. The van der Waals surface area contributed by atoms with E-state index in [-0.39, 0.29) is 0 Å². The van der Waals surface area contributed by atoms with E-state index in [2.05, 4.69) is 37.1 Å². The Morgan fingerprint density at radius 3 is 2.38 bits per heavy atom. The number of benzene rings is 1. The van der Waals surface area contributed by atoms with Crippen LogP contribution in [-0.4, -0.2) is 9.78 Å². The SMILES string of the molecule is Cc1ccc(-c2nn(C)c(C)c2Cl)c(C)c1. The Morgan fingerprint density at radius 1 is 1.19 bits per heavy atom. The lowest BCUT2D eigenvalue weighted by molar-refractivity contribution is 0.742. The predicted molar refractivity (Wildman–Crippen MR) is 67.9 cm³/mol. The molecule has 84 valence electrons. The zero-order valence-electron chi connectivity index (χ0n) is 10.0. The van der Waals surface area contributed by atoms with Crippen LogP contribution in [0.4, 0.5) is 0 Å². The summed E-state index contributed by atoms with van der Waals surface area (Å²) in [6, 6.07) is 6.32. The van der Waals surface area contributed by atoms with Gasteiger partial charge in [-0.15, -0.1) is 0 Å². The summed E-state index contributed by atoms with van der Waals surface area (Å²) in [6.07, 6.45) is 0. The van der Waals surface area contributed by atoms with Crippen LogP contribution in [0.5, 0.6) is 0 Å². The lowest BCUT2D eigenvalue weighted by atomic mass is 10.0. The van der Waals surface area contributed by atoms with Gasteiger partial charge in [-0.3, -0.25) is 4.68 Å². The molecule has 0 aliphatic heterocycles. The van der Waals surface area contributed by atoms with Crippen molar-refractivity contribution < 1.29 is 0 Å². The Morgan fingerprint density at radius 2 is 1.88 bits per heavy atom. The molecule has 0 unspecified atom stereocenters. The van der Waals surface area contributed by atoms with E-state index >= 15 is 0 Å². The van der Waals surface area contributed by atoms with E-state index < -0.39 is 0 Å². The summed E-state index contributed by atoms with van der Waals surface area (Å²) >= 11 is 6.28. The van der Waals surface area contributed by atoms with E-state index in [0.717, 1.165) is 22.0 Å². The number of hydrogen-bond acceptors (Lipinski definition) is 1. The highest BCUT2D eigenvalue weighted by Crippen LogP contribution is 2.31. The molecule has 0 N–H and O–H groups in total. The quantitative estimate of drug-likeness (QED) is 0.736. The standard InChI is InChI=1S/C13H15ClN2/c1-8-5-6-11(9(2)7-8)13-12(14)10(3)16(4)15-13/h5-7H,1-4H3. The van der Waals surface area contributed by atoms with Crippen molar-refractivity contribution in [2.24, 2.45) is 7.05 Å². The van der Waals surface area contributed by atoms with Gasteiger partial charge in [-0.2, -0.15) is 5.10 Å². The Labute approximate surface area is 101 Å². The molecule has 0 aliphatic carbocycles. The second-order valence-corrected chi connectivity index (χ2v) is 4.57. The number of aryl methyl sites for hydroxylation is 3. The summed E-state index contributed by atoms with van der Waals surface area (Å²) in [4.78, 5) is 0. The van der Waals surface area contributed by atoms with Crippen LogP contribution in [-0.2, 0) is 7.05 Å². The van der Waals surface area contributed by atoms with Gasteiger partial charge in [0.15, 0.2) is 0 Å². The third-order valence-corrected chi connectivity index (χ3v) is 3.35. The van der Waals surface area contributed by atoms with Gasteiger partial charge in [0.05, 0.1) is 10.7 Å². The molecule has 0 atom stereocenters. The molecular formula is C13H15ClN2. The van der Waals surface area contributed by atoms with Gasteiger partial charge in [0, 0.05) is 12.6 Å². The molecule has 0 saturated heterocycles. The van der Waals surface area contributed by atoms with Crippen molar-refractivity contribution in [1.29, 1.82) is 0 Å². The van der Waals surface area contributed by atoms with Crippen LogP contribution < -0.4 is 0 Å². The molecule has 16 heavy (non-hydrogen) atoms. The van der Waals surface area contributed by atoms with Gasteiger partial charge in [0.1, 0.15) is 5.69 Å². The third kappa shape index (κ3) is 1.74. The lowest BCUT2D eigenvalue weighted by Gasteiger charge is -2.04. The molecule has 3 heteroatoms. The molecule has 2 aromatic rings. The number of aromatic nitrogens is 2. The van der Waals surface area contributed by atoms with Crippen molar-refractivity contribution in [3.63, 3.8) is 0 Å². The monoisotopic (exact) mass is 234 g/mol. The van der Waals surface area contributed by atoms with Crippen LogP contribution >= 0.6 is 11.6 Å². The van der Waals surface area contributed by atoms with Gasteiger partial charge in [-0.25, -0.2) is 0 Å². The zero-order chi connectivity index (χ0) is 11.9. The van der Waals surface area contributed by atoms with Crippen LogP contribution in [0.1, 0.15) is 16.8 Å². The van der Waals surface area contributed by atoms with Gasteiger partial charge in [-0.05, 0) is 26.3 Å². The number of hydrogen-bond donors (Lipinski definition) is 0. The molecule has 1 aromatic carbocycles. The van der Waals surface area contributed by atoms with E-state index in [1.54, 1.807) is 0 Å². The number of halogens is 1. The molecular weight excluding hydrogens is 220 g/mol. The molecule has 0 bridgehead atoms. The second kappa shape index (κ2) is 3.95. The highest BCUT2D eigenvalue weighted by atomic mass is 35.5. The Hall–Kier alpha value is -1.28. The number of nitrogens with zero attached hydrogens (tertiary/aromatic N) is 2. The third-order valence-electron chi connectivity index (χ3n) is 2.90. The van der Waals surface area contributed by atoms with E-state index in [1.807, 2.05) is 18.7 Å². The molecule has 2 nitrogen and oxygen atoms in total. The van der Waals surface area contributed by atoms with Crippen molar-refractivity contribution in [2.45, 2.75) is 20.8 Å². The van der Waals surface area contributed by atoms with Crippen molar-refractivity contribution >= 4 is 11.6 Å². The minimum atomic E-state index is 0.745. The summed E-state index contributed by atoms with van der Waals surface area (Å²) in [7, 11) is 1.91. The number of rotatable bonds is 1.